The first-order valence-corrected chi connectivity index (χ1v) is 10.9. The lowest BCUT2D eigenvalue weighted by Crippen LogP contribution is -2.44. The molecule has 1 aromatic heterocycles. The highest BCUT2D eigenvalue weighted by Crippen LogP contribution is 2.33. The smallest absolute Gasteiger partial charge is 0.243 e. The van der Waals surface area contributed by atoms with E-state index in [9.17, 15) is 13.2 Å². The number of likely N-dealkylation sites (N-methyl/N-ethyl adjacent to an activating group) is 1. The van der Waals surface area contributed by atoms with E-state index in [1.807, 2.05) is 26.2 Å². The van der Waals surface area contributed by atoms with Crippen molar-refractivity contribution < 1.29 is 13.2 Å². The lowest BCUT2D eigenvalue weighted by atomic mass is 10.0. The number of benzene rings is 1. The molecule has 2 heterocycles. The molecule has 7 heteroatoms. The van der Waals surface area contributed by atoms with Crippen LogP contribution in [0.1, 0.15) is 34.5 Å². The van der Waals surface area contributed by atoms with Gasteiger partial charge in [-0.15, -0.1) is 11.3 Å². The second-order valence-corrected chi connectivity index (χ2v) is 9.86. The Bertz CT molecular complexity index is 934. The highest BCUT2D eigenvalue weighted by atomic mass is 32.2. The maximum absolute atomic E-state index is 12.8. The van der Waals surface area contributed by atoms with Gasteiger partial charge in [-0.2, -0.15) is 4.31 Å². The number of carbonyl (C=O) groups is 1. The molecule has 0 saturated carbocycles. The summed E-state index contributed by atoms with van der Waals surface area (Å²) in [6.45, 7) is 6.30. The van der Waals surface area contributed by atoms with Crippen LogP contribution in [0.3, 0.4) is 0 Å². The van der Waals surface area contributed by atoms with Gasteiger partial charge in [0.2, 0.25) is 15.9 Å². The molecule has 2 aromatic rings. The van der Waals surface area contributed by atoms with Crippen LogP contribution in [0.2, 0.25) is 0 Å². The first kappa shape index (κ1) is 19.1. The Morgan fingerprint density at radius 3 is 2.69 bits per heavy atom. The standard InChI is InChI=1S/C19H24N2O3S2/c1-13-5-6-16(11-14(13)2)26(23,24)20(4)12-19(22)21-9-7-18-17(15(21)3)8-10-25-18/h5-6,8,10-11,15H,7,9,12H2,1-4H3. The van der Waals surface area contributed by atoms with Crippen LogP contribution in [0.15, 0.2) is 34.5 Å². The van der Waals surface area contributed by atoms with E-state index in [0.29, 0.717) is 6.54 Å². The molecule has 0 radical (unpaired) electrons. The third kappa shape index (κ3) is 3.43. The van der Waals surface area contributed by atoms with Gasteiger partial charge in [0.25, 0.3) is 0 Å². The molecule has 1 aromatic carbocycles. The molecule has 1 aliphatic rings. The van der Waals surface area contributed by atoms with Crippen LogP contribution in [0.4, 0.5) is 0 Å². The van der Waals surface area contributed by atoms with Crippen LogP contribution in [-0.2, 0) is 21.2 Å². The van der Waals surface area contributed by atoms with Gasteiger partial charge in [-0.3, -0.25) is 4.79 Å². The minimum absolute atomic E-state index is 0.0183. The zero-order chi connectivity index (χ0) is 19.1. The average Bonchev–Trinajstić information content (AvgIpc) is 3.07. The number of carbonyl (C=O) groups excluding carboxylic acids is 1. The fourth-order valence-electron chi connectivity index (χ4n) is 3.27. The van der Waals surface area contributed by atoms with Crippen LogP contribution < -0.4 is 0 Å². The van der Waals surface area contributed by atoms with Crippen LogP contribution in [0.5, 0.6) is 0 Å². The quantitative estimate of drug-likeness (QED) is 0.803. The maximum Gasteiger partial charge on any atom is 0.243 e. The Balaban J connectivity index is 1.75. The average molecular weight is 393 g/mol. The fraction of sp³-hybridized carbons (Fsp3) is 0.421. The topological polar surface area (TPSA) is 57.7 Å². The van der Waals surface area contributed by atoms with Crippen molar-refractivity contribution in [2.24, 2.45) is 0 Å². The minimum atomic E-state index is -3.69. The molecule has 1 unspecified atom stereocenters. The van der Waals surface area contributed by atoms with Crippen molar-refractivity contribution in [1.82, 2.24) is 9.21 Å². The second-order valence-electron chi connectivity index (χ2n) is 6.82. The molecule has 0 N–H and O–H groups in total. The molecule has 0 bridgehead atoms. The molecule has 5 nitrogen and oxygen atoms in total. The van der Waals surface area contributed by atoms with Crippen molar-refractivity contribution in [2.75, 3.05) is 20.1 Å². The molecule has 0 fully saturated rings. The normalized spacial score (nSPS) is 17.4. The number of rotatable bonds is 4. The zero-order valence-corrected chi connectivity index (χ0v) is 17.2. The summed E-state index contributed by atoms with van der Waals surface area (Å²) < 4.78 is 26.8. The minimum Gasteiger partial charge on any atom is -0.334 e. The monoisotopic (exact) mass is 392 g/mol. The van der Waals surface area contributed by atoms with E-state index in [1.165, 1.54) is 17.5 Å². The SMILES string of the molecule is Cc1ccc(S(=O)(=O)N(C)CC(=O)N2CCc3sccc3C2C)cc1C. The number of amides is 1. The van der Waals surface area contributed by atoms with Crippen molar-refractivity contribution in [3.8, 4) is 0 Å². The number of nitrogens with zero attached hydrogens (tertiary/aromatic N) is 2. The summed E-state index contributed by atoms with van der Waals surface area (Å²) in [4.78, 5) is 16.1. The van der Waals surface area contributed by atoms with Crippen LogP contribution in [-0.4, -0.2) is 43.7 Å². The van der Waals surface area contributed by atoms with E-state index < -0.39 is 10.0 Å². The third-order valence-electron chi connectivity index (χ3n) is 5.14. The van der Waals surface area contributed by atoms with Gasteiger partial charge in [0.1, 0.15) is 0 Å². The molecule has 0 saturated heterocycles. The number of thiophene rings is 1. The zero-order valence-electron chi connectivity index (χ0n) is 15.5. The van der Waals surface area contributed by atoms with Crippen molar-refractivity contribution in [3.05, 3.63) is 51.2 Å². The van der Waals surface area contributed by atoms with Gasteiger partial charge in [-0.05, 0) is 67.5 Å². The molecule has 3 rings (SSSR count). The first-order valence-electron chi connectivity index (χ1n) is 8.61. The maximum atomic E-state index is 12.8. The summed E-state index contributed by atoms with van der Waals surface area (Å²) in [5.74, 6) is -0.163. The highest BCUT2D eigenvalue weighted by molar-refractivity contribution is 7.89. The van der Waals surface area contributed by atoms with Gasteiger partial charge in [-0.25, -0.2) is 8.42 Å². The fourth-order valence-corrected chi connectivity index (χ4v) is 5.44. The van der Waals surface area contributed by atoms with Gasteiger partial charge in [0.15, 0.2) is 0 Å². The van der Waals surface area contributed by atoms with Crippen LogP contribution in [0.25, 0.3) is 0 Å². The Kier molecular flexibility index (Phi) is 5.23. The number of sulfonamides is 1. The van der Waals surface area contributed by atoms with Gasteiger partial charge >= 0.3 is 0 Å². The lowest BCUT2D eigenvalue weighted by Gasteiger charge is -2.34. The Hall–Kier alpha value is -1.70. The van der Waals surface area contributed by atoms with Crippen LogP contribution in [0, 0.1) is 13.8 Å². The number of hydrogen-bond acceptors (Lipinski definition) is 4. The number of hydrogen-bond donors (Lipinski definition) is 0. The van der Waals surface area contributed by atoms with E-state index >= 15 is 0 Å². The molecule has 1 atom stereocenters. The van der Waals surface area contributed by atoms with Gasteiger partial charge in [0.05, 0.1) is 17.5 Å². The molecular formula is C19H24N2O3S2. The summed E-state index contributed by atoms with van der Waals surface area (Å²) >= 11 is 1.72. The van der Waals surface area contributed by atoms with E-state index in [1.54, 1.807) is 34.4 Å². The molecule has 0 aliphatic carbocycles. The summed E-state index contributed by atoms with van der Waals surface area (Å²) in [7, 11) is -2.23. The third-order valence-corrected chi connectivity index (χ3v) is 7.94. The Morgan fingerprint density at radius 2 is 2.00 bits per heavy atom. The molecule has 1 aliphatic heterocycles. The summed E-state index contributed by atoms with van der Waals surface area (Å²) in [5.41, 5.74) is 3.13. The van der Waals surface area contributed by atoms with E-state index in [-0.39, 0.29) is 23.4 Å². The molecule has 26 heavy (non-hydrogen) atoms. The van der Waals surface area contributed by atoms with E-state index in [0.717, 1.165) is 21.9 Å². The van der Waals surface area contributed by atoms with Crippen molar-refractivity contribution in [3.63, 3.8) is 0 Å². The second kappa shape index (κ2) is 7.13. The highest BCUT2D eigenvalue weighted by Gasteiger charge is 2.31. The van der Waals surface area contributed by atoms with Crippen molar-refractivity contribution in [1.29, 1.82) is 0 Å². The largest absolute Gasteiger partial charge is 0.334 e. The molecule has 140 valence electrons. The number of aryl methyl sites for hydroxylation is 2. The van der Waals surface area contributed by atoms with E-state index in [2.05, 4.69) is 6.07 Å². The lowest BCUT2D eigenvalue weighted by molar-refractivity contribution is -0.133. The van der Waals surface area contributed by atoms with Crippen molar-refractivity contribution in [2.45, 2.75) is 38.1 Å². The molecule has 0 spiro atoms. The first-order chi connectivity index (χ1) is 12.2. The van der Waals surface area contributed by atoms with E-state index in [4.69, 9.17) is 0 Å². The summed E-state index contributed by atoms with van der Waals surface area (Å²) in [5, 5.41) is 2.05. The van der Waals surface area contributed by atoms with Gasteiger partial charge in [-0.1, -0.05) is 6.07 Å². The Morgan fingerprint density at radius 1 is 1.27 bits per heavy atom. The summed E-state index contributed by atoms with van der Waals surface area (Å²) in [6, 6.07) is 7.09. The Labute approximate surface area is 159 Å². The molecular weight excluding hydrogens is 368 g/mol. The predicted molar refractivity (Wildman–Crippen MR) is 104 cm³/mol. The van der Waals surface area contributed by atoms with Gasteiger partial charge in [0, 0.05) is 18.5 Å². The number of fused-ring (bicyclic) bond motifs is 1. The van der Waals surface area contributed by atoms with Gasteiger partial charge < -0.3 is 4.90 Å². The van der Waals surface area contributed by atoms with Crippen LogP contribution >= 0.6 is 11.3 Å². The predicted octanol–water partition coefficient (Wildman–Crippen LogP) is 3.13. The summed E-state index contributed by atoms with van der Waals surface area (Å²) in [6.07, 6.45) is 0.830. The molecule has 1 amide bonds. The van der Waals surface area contributed by atoms with Crippen molar-refractivity contribution >= 4 is 27.3 Å².